The van der Waals surface area contributed by atoms with Gasteiger partial charge in [0.15, 0.2) is 5.75 Å². The molecule has 1 aliphatic rings. The number of carbonyl (C=O) groups excluding carboxylic acids is 1. The molecule has 5 heteroatoms. The minimum atomic E-state index is -0.259. The van der Waals surface area contributed by atoms with E-state index in [4.69, 9.17) is 5.73 Å². The number of aromatic hydroxyl groups is 1. The molecule has 2 rings (SSSR count). The highest BCUT2D eigenvalue weighted by molar-refractivity contribution is 8.00. The normalized spacial score (nSPS) is 17.3. The zero-order valence-electron chi connectivity index (χ0n) is 11.1. The Morgan fingerprint density at radius 3 is 2.79 bits per heavy atom. The lowest BCUT2D eigenvalue weighted by Gasteiger charge is -2.27. The van der Waals surface area contributed by atoms with Gasteiger partial charge < -0.3 is 16.2 Å². The monoisotopic (exact) mass is 280 g/mol. The first-order valence-corrected chi connectivity index (χ1v) is 7.71. The van der Waals surface area contributed by atoms with E-state index in [1.807, 2.05) is 11.8 Å². The number of rotatable bonds is 4. The van der Waals surface area contributed by atoms with Gasteiger partial charge in [-0.2, -0.15) is 11.8 Å². The molecule has 0 spiro atoms. The van der Waals surface area contributed by atoms with Crippen LogP contribution in [-0.2, 0) is 0 Å². The fourth-order valence-electron chi connectivity index (χ4n) is 2.55. The molecule has 0 heterocycles. The van der Waals surface area contributed by atoms with Gasteiger partial charge in [0, 0.05) is 11.3 Å². The van der Waals surface area contributed by atoms with Crippen LogP contribution in [0.15, 0.2) is 18.2 Å². The summed E-state index contributed by atoms with van der Waals surface area (Å²) in [5.74, 6) is -0.394. The highest BCUT2D eigenvalue weighted by atomic mass is 32.2. The lowest BCUT2D eigenvalue weighted by atomic mass is 10.1. The fourth-order valence-corrected chi connectivity index (χ4v) is 3.47. The molecule has 0 aliphatic heterocycles. The summed E-state index contributed by atoms with van der Waals surface area (Å²) < 4.78 is 0.158. The van der Waals surface area contributed by atoms with E-state index in [1.165, 1.54) is 12.8 Å². The Morgan fingerprint density at radius 2 is 2.16 bits per heavy atom. The molecule has 4 N–H and O–H groups in total. The number of anilines is 1. The van der Waals surface area contributed by atoms with Gasteiger partial charge in [-0.15, -0.1) is 0 Å². The van der Waals surface area contributed by atoms with Crippen molar-refractivity contribution in [3.8, 4) is 5.75 Å². The number of hydrogen-bond acceptors (Lipinski definition) is 4. The van der Waals surface area contributed by atoms with Crippen LogP contribution in [0.2, 0.25) is 0 Å². The van der Waals surface area contributed by atoms with E-state index in [1.54, 1.807) is 18.2 Å². The Bertz CT molecular complexity index is 471. The van der Waals surface area contributed by atoms with Crippen molar-refractivity contribution in [1.29, 1.82) is 0 Å². The van der Waals surface area contributed by atoms with Gasteiger partial charge in [0.1, 0.15) is 0 Å². The minimum absolute atomic E-state index is 0.135. The minimum Gasteiger partial charge on any atom is -0.505 e. The Hall–Kier alpha value is -1.36. The SMILES string of the molecule is CSC1(CNC(=O)c2cccc(N)c2O)CCCC1. The second-order valence-electron chi connectivity index (χ2n) is 5.02. The van der Waals surface area contributed by atoms with E-state index in [-0.39, 0.29) is 27.7 Å². The van der Waals surface area contributed by atoms with Crippen LogP contribution in [0.5, 0.6) is 5.75 Å². The highest BCUT2D eigenvalue weighted by Gasteiger charge is 2.33. The molecule has 0 aromatic heterocycles. The van der Waals surface area contributed by atoms with Crippen molar-refractivity contribution in [2.24, 2.45) is 0 Å². The first-order chi connectivity index (χ1) is 9.08. The van der Waals surface area contributed by atoms with Crippen LogP contribution >= 0.6 is 11.8 Å². The molecular formula is C14H20N2O2S. The maximum Gasteiger partial charge on any atom is 0.255 e. The number of thioether (sulfide) groups is 1. The Balaban J connectivity index is 2.03. The molecule has 0 saturated heterocycles. The maximum atomic E-state index is 12.1. The van der Waals surface area contributed by atoms with E-state index < -0.39 is 0 Å². The quantitative estimate of drug-likeness (QED) is 0.584. The molecule has 1 aromatic carbocycles. The van der Waals surface area contributed by atoms with Gasteiger partial charge in [0.25, 0.3) is 5.91 Å². The number of phenolic OH excluding ortho intramolecular Hbond substituents is 1. The molecule has 104 valence electrons. The van der Waals surface area contributed by atoms with Crippen LogP contribution in [-0.4, -0.2) is 28.6 Å². The summed E-state index contributed by atoms with van der Waals surface area (Å²) in [4.78, 5) is 12.1. The first-order valence-electron chi connectivity index (χ1n) is 6.49. The Labute approximate surface area is 117 Å². The van der Waals surface area contributed by atoms with Gasteiger partial charge in [-0.25, -0.2) is 0 Å². The Morgan fingerprint density at radius 1 is 1.47 bits per heavy atom. The predicted octanol–water partition coefficient (Wildman–Crippen LogP) is 2.38. The molecule has 1 aromatic rings. The van der Waals surface area contributed by atoms with Gasteiger partial charge in [-0.05, 0) is 31.2 Å². The van der Waals surface area contributed by atoms with Crippen molar-refractivity contribution in [1.82, 2.24) is 5.32 Å². The number of nitrogens with one attached hydrogen (secondary N) is 1. The number of para-hydroxylation sites is 1. The zero-order chi connectivity index (χ0) is 13.9. The summed E-state index contributed by atoms with van der Waals surface area (Å²) in [7, 11) is 0. The summed E-state index contributed by atoms with van der Waals surface area (Å²) in [6.07, 6.45) is 6.81. The molecule has 1 saturated carbocycles. The van der Waals surface area contributed by atoms with Crippen LogP contribution in [0.3, 0.4) is 0 Å². The van der Waals surface area contributed by atoms with Crippen LogP contribution in [0, 0.1) is 0 Å². The molecule has 4 nitrogen and oxygen atoms in total. The molecule has 0 bridgehead atoms. The number of nitrogens with two attached hydrogens (primary N) is 1. The average Bonchev–Trinajstić information content (AvgIpc) is 2.89. The fraction of sp³-hybridized carbons (Fsp3) is 0.500. The largest absolute Gasteiger partial charge is 0.505 e. The van der Waals surface area contributed by atoms with Crippen LogP contribution in [0.1, 0.15) is 36.0 Å². The van der Waals surface area contributed by atoms with Crippen molar-refractivity contribution in [3.63, 3.8) is 0 Å². The molecule has 1 aliphatic carbocycles. The van der Waals surface area contributed by atoms with E-state index in [0.717, 1.165) is 12.8 Å². The highest BCUT2D eigenvalue weighted by Crippen LogP contribution is 2.39. The third kappa shape index (κ3) is 2.97. The van der Waals surface area contributed by atoms with Crippen molar-refractivity contribution < 1.29 is 9.90 Å². The van der Waals surface area contributed by atoms with Crippen LogP contribution in [0.4, 0.5) is 5.69 Å². The van der Waals surface area contributed by atoms with Gasteiger partial charge >= 0.3 is 0 Å². The standard InChI is InChI=1S/C14H20N2O2S/c1-19-14(7-2-3-8-14)9-16-13(18)10-5-4-6-11(15)12(10)17/h4-6,17H,2-3,7-9,15H2,1H3,(H,16,18). The van der Waals surface area contributed by atoms with Gasteiger partial charge in [0.05, 0.1) is 11.3 Å². The van der Waals surface area contributed by atoms with E-state index in [0.29, 0.717) is 6.54 Å². The summed E-state index contributed by atoms with van der Waals surface area (Å²) in [5.41, 5.74) is 6.07. The van der Waals surface area contributed by atoms with Gasteiger partial charge in [-0.1, -0.05) is 18.9 Å². The van der Waals surface area contributed by atoms with Gasteiger partial charge in [-0.3, -0.25) is 4.79 Å². The molecule has 19 heavy (non-hydrogen) atoms. The number of hydrogen-bond donors (Lipinski definition) is 3. The lowest BCUT2D eigenvalue weighted by Crippen LogP contribution is -2.38. The second-order valence-corrected chi connectivity index (χ2v) is 6.29. The van der Waals surface area contributed by atoms with Crippen molar-refractivity contribution in [2.45, 2.75) is 30.4 Å². The molecule has 1 amide bonds. The number of amides is 1. The van der Waals surface area contributed by atoms with Gasteiger partial charge in [0.2, 0.25) is 0 Å². The average molecular weight is 280 g/mol. The van der Waals surface area contributed by atoms with E-state index in [9.17, 15) is 9.90 Å². The van der Waals surface area contributed by atoms with Crippen LogP contribution in [0.25, 0.3) is 0 Å². The Kier molecular flexibility index (Phi) is 4.24. The molecular weight excluding hydrogens is 260 g/mol. The van der Waals surface area contributed by atoms with Crippen molar-refractivity contribution >= 4 is 23.4 Å². The number of nitrogen functional groups attached to an aromatic ring is 1. The molecule has 0 atom stereocenters. The third-order valence-electron chi connectivity index (χ3n) is 3.83. The third-order valence-corrected chi connectivity index (χ3v) is 5.25. The molecule has 0 unspecified atom stereocenters. The number of benzene rings is 1. The zero-order valence-corrected chi connectivity index (χ0v) is 11.9. The number of phenols is 1. The summed E-state index contributed by atoms with van der Waals surface area (Å²) >= 11 is 1.82. The number of carbonyl (C=O) groups is 1. The lowest BCUT2D eigenvalue weighted by molar-refractivity contribution is 0.0947. The summed E-state index contributed by atoms with van der Waals surface area (Å²) in [5, 5.41) is 12.7. The van der Waals surface area contributed by atoms with Crippen molar-refractivity contribution in [2.75, 3.05) is 18.5 Å². The summed E-state index contributed by atoms with van der Waals surface area (Å²) in [6, 6.07) is 4.83. The van der Waals surface area contributed by atoms with E-state index in [2.05, 4.69) is 11.6 Å². The summed E-state index contributed by atoms with van der Waals surface area (Å²) in [6.45, 7) is 0.640. The smallest absolute Gasteiger partial charge is 0.255 e. The molecule has 1 fully saturated rings. The topological polar surface area (TPSA) is 75.4 Å². The first kappa shape index (κ1) is 14.1. The predicted molar refractivity (Wildman–Crippen MR) is 79.6 cm³/mol. The maximum absolute atomic E-state index is 12.1. The van der Waals surface area contributed by atoms with Crippen molar-refractivity contribution in [3.05, 3.63) is 23.8 Å². The van der Waals surface area contributed by atoms with E-state index >= 15 is 0 Å². The molecule has 0 radical (unpaired) electrons. The second kappa shape index (κ2) is 5.74. The van der Waals surface area contributed by atoms with Crippen LogP contribution < -0.4 is 11.1 Å².